The Bertz CT molecular complexity index is 295. The SMILES string of the molecule is NC(CSc1ccc(Cl)cc1)C1CC1. The number of hydrogen-bond donors (Lipinski definition) is 1. The Labute approximate surface area is 94.0 Å². The highest BCUT2D eigenvalue weighted by Crippen LogP contribution is 2.34. The van der Waals surface area contributed by atoms with Crippen molar-refractivity contribution in [2.45, 2.75) is 23.8 Å². The summed E-state index contributed by atoms with van der Waals surface area (Å²) in [5.41, 5.74) is 6.01. The zero-order valence-corrected chi connectivity index (χ0v) is 9.52. The van der Waals surface area contributed by atoms with Gasteiger partial charge in [-0.15, -0.1) is 11.8 Å². The molecule has 2 rings (SSSR count). The lowest BCUT2D eigenvalue weighted by molar-refractivity contribution is 0.659. The van der Waals surface area contributed by atoms with Crippen LogP contribution in [0.2, 0.25) is 5.02 Å². The van der Waals surface area contributed by atoms with Crippen molar-refractivity contribution in [3.63, 3.8) is 0 Å². The van der Waals surface area contributed by atoms with Crippen molar-refractivity contribution in [1.29, 1.82) is 0 Å². The topological polar surface area (TPSA) is 26.0 Å². The molecule has 0 spiro atoms. The predicted molar refractivity (Wildman–Crippen MR) is 62.9 cm³/mol. The Morgan fingerprint density at radius 1 is 1.36 bits per heavy atom. The van der Waals surface area contributed by atoms with E-state index in [2.05, 4.69) is 0 Å². The summed E-state index contributed by atoms with van der Waals surface area (Å²) in [6.45, 7) is 0. The number of hydrogen-bond acceptors (Lipinski definition) is 2. The molecule has 0 amide bonds. The highest BCUT2D eigenvalue weighted by atomic mass is 35.5. The fourth-order valence-corrected chi connectivity index (χ4v) is 2.50. The van der Waals surface area contributed by atoms with Crippen LogP contribution in [-0.2, 0) is 0 Å². The summed E-state index contributed by atoms with van der Waals surface area (Å²) in [5, 5.41) is 0.792. The second kappa shape index (κ2) is 4.56. The molecule has 1 aromatic carbocycles. The number of halogens is 1. The molecule has 0 saturated heterocycles. The van der Waals surface area contributed by atoms with Crippen LogP contribution in [0.4, 0.5) is 0 Å². The van der Waals surface area contributed by atoms with Gasteiger partial charge in [0.1, 0.15) is 0 Å². The molecule has 0 radical (unpaired) electrons. The van der Waals surface area contributed by atoms with Gasteiger partial charge in [0.2, 0.25) is 0 Å². The first-order valence-electron chi connectivity index (χ1n) is 4.89. The van der Waals surface area contributed by atoms with Crippen LogP contribution < -0.4 is 5.73 Å². The molecule has 1 atom stereocenters. The Morgan fingerprint density at radius 3 is 2.57 bits per heavy atom. The van der Waals surface area contributed by atoms with Crippen LogP contribution in [0.15, 0.2) is 29.2 Å². The summed E-state index contributed by atoms with van der Waals surface area (Å²) < 4.78 is 0. The van der Waals surface area contributed by atoms with Crippen LogP contribution in [0.25, 0.3) is 0 Å². The van der Waals surface area contributed by atoms with Crippen molar-refractivity contribution < 1.29 is 0 Å². The van der Waals surface area contributed by atoms with Gasteiger partial charge in [-0.3, -0.25) is 0 Å². The standard InChI is InChI=1S/C11H14ClNS/c12-9-3-5-10(6-4-9)14-7-11(13)8-1-2-8/h3-6,8,11H,1-2,7,13H2. The molecule has 1 fully saturated rings. The fourth-order valence-electron chi connectivity index (χ4n) is 1.38. The van der Waals surface area contributed by atoms with Gasteiger partial charge in [-0.1, -0.05) is 11.6 Å². The molecule has 0 heterocycles. The van der Waals surface area contributed by atoms with Crippen molar-refractivity contribution in [2.24, 2.45) is 11.7 Å². The van der Waals surface area contributed by atoms with Gasteiger partial charge < -0.3 is 5.73 Å². The average molecular weight is 228 g/mol. The largest absolute Gasteiger partial charge is 0.327 e. The van der Waals surface area contributed by atoms with Crippen LogP contribution in [0, 0.1) is 5.92 Å². The van der Waals surface area contributed by atoms with Crippen molar-refractivity contribution in [2.75, 3.05) is 5.75 Å². The van der Waals surface area contributed by atoms with Gasteiger partial charge in [0, 0.05) is 21.7 Å². The zero-order valence-electron chi connectivity index (χ0n) is 7.95. The number of nitrogens with two attached hydrogens (primary N) is 1. The summed E-state index contributed by atoms with van der Waals surface area (Å²) in [4.78, 5) is 1.26. The summed E-state index contributed by atoms with van der Waals surface area (Å²) in [6.07, 6.45) is 2.64. The number of thioether (sulfide) groups is 1. The lowest BCUT2D eigenvalue weighted by atomic mass is 10.2. The monoisotopic (exact) mass is 227 g/mol. The maximum atomic E-state index is 6.01. The maximum absolute atomic E-state index is 6.01. The van der Waals surface area contributed by atoms with Crippen LogP contribution in [0.5, 0.6) is 0 Å². The van der Waals surface area contributed by atoms with Crippen LogP contribution in [0.1, 0.15) is 12.8 Å². The van der Waals surface area contributed by atoms with E-state index in [1.54, 1.807) is 0 Å². The van der Waals surface area contributed by atoms with Crippen molar-refractivity contribution in [3.8, 4) is 0 Å². The molecule has 14 heavy (non-hydrogen) atoms. The summed E-state index contributed by atoms with van der Waals surface area (Å²) in [6, 6.07) is 8.31. The predicted octanol–water partition coefficient (Wildman–Crippen LogP) is 3.17. The minimum atomic E-state index is 0.371. The molecular weight excluding hydrogens is 214 g/mol. The second-order valence-corrected chi connectivity index (χ2v) is 5.30. The molecule has 0 aromatic heterocycles. The molecular formula is C11H14ClNS. The van der Waals surface area contributed by atoms with Gasteiger partial charge in [0.25, 0.3) is 0 Å². The Kier molecular flexibility index (Phi) is 3.37. The van der Waals surface area contributed by atoms with Gasteiger partial charge in [0.15, 0.2) is 0 Å². The maximum Gasteiger partial charge on any atom is 0.0406 e. The third-order valence-corrected chi connectivity index (χ3v) is 3.89. The first-order chi connectivity index (χ1) is 6.75. The van der Waals surface area contributed by atoms with E-state index in [1.165, 1.54) is 17.7 Å². The third-order valence-electron chi connectivity index (χ3n) is 2.48. The first-order valence-corrected chi connectivity index (χ1v) is 6.26. The molecule has 0 bridgehead atoms. The van der Waals surface area contributed by atoms with E-state index in [1.807, 2.05) is 36.0 Å². The lowest BCUT2D eigenvalue weighted by Crippen LogP contribution is -2.24. The number of rotatable bonds is 4. The summed E-state index contributed by atoms with van der Waals surface area (Å²) in [7, 11) is 0. The van der Waals surface area contributed by atoms with E-state index >= 15 is 0 Å². The van der Waals surface area contributed by atoms with E-state index in [4.69, 9.17) is 17.3 Å². The summed E-state index contributed by atoms with van der Waals surface area (Å²) >= 11 is 7.62. The Hall–Kier alpha value is -0.180. The van der Waals surface area contributed by atoms with Gasteiger partial charge in [-0.2, -0.15) is 0 Å². The molecule has 1 saturated carbocycles. The van der Waals surface area contributed by atoms with Crippen molar-refractivity contribution in [1.82, 2.24) is 0 Å². The fraction of sp³-hybridized carbons (Fsp3) is 0.455. The van der Waals surface area contributed by atoms with Crippen LogP contribution in [0.3, 0.4) is 0 Å². The molecule has 1 aromatic rings. The third kappa shape index (κ3) is 2.91. The van der Waals surface area contributed by atoms with Crippen molar-refractivity contribution >= 4 is 23.4 Å². The van der Waals surface area contributed by atoms with Crippen LogP contribution >= 0.6 is 23.4 Å². The smallest absolute Gasteiger partial charge is 0.0406 e. The molecule has 1 aliphatic carbocycles. The molecule has 1 aliphatic rings. The van der Waals surface area contributed by atoms with Gasteiger partial charge in [-0.25, -0.2) is 0 Å². The first kappa shape index (κ1) is 10.3. The summed E-state index contributed by atoms with van der Waals surface area (Å²) in [5.74, 6) is 1.81. The van der Waals surface area contributed by atoms with Gasteiger partial charge >= 0.3 is 0 Å². The average Bonchev–Trinajstić information content (AvgIpc) is 3.00. The minimum absolute atomic E-state index is 0.371. The second-order valence-electron chi connectivity index (χ2n) is 3.77. The molecule has 76 valence electrons. The Balaban J connectivity index is 1.82. The van der Waals surface area contributed by atoms with Crippen LogP contribution in [-0.4, -0.2) is 11.8 Å². The van der Waals surface area contributed by atoms with E-state index in [9.17, 15) is 0 Å². The highest BCUT2D eigenvalue weighted by Gasteiger charge is 2.28. The number of benzene rings is 1. The molecule has 1 nitrogen and oxygen atoms in total. The highest BCUT2D eigenvalue weighted by molar-refractivity contribution is 7.99. The van der Waals surface area contributed by atoms with E-state index in [-0.39, 0.29) is 0 Å². The molecule has 2 N–H and O–H groups in total. The lowest BCUT2D eigenvalue weighted by Gasteiger charge is -2.09. The minimum Gasteiger partial charge on any atom is -0.327 e. The molecule has 1 unspecified atom stereocenters. The molecule has 3 heteroatoms. The normalized spacial score (nSPS) is 18.1. The van der Waals surface area contributed by atoms with E-state index in [0.717, 1.165) is 16.7 Å². The van der Waals surface area contributed by atoms with Crippen molar-refractivity contribution in [3.05, 3.63) is 29.3 Å². The van der Waals surface area contributed by atoms with Gasteiger partial charge in [-0.05, 0) is 43.0 Å². The quantitative estimate of drug-likeness (QED) is 0.800. The zero-order chi connectivity index (χ0) is 9.97. The van der Waals surface area contributed by atoms with E-state index in [0.29, 0.717) is 6.04 Å². The molecule has 0 aliphatic heterocycles. The van der Waals surface area contributed by atoms with E-state index < -0.39 is 0 Å². The van der Waals surface area contributed by atoms with Gasteiger partial charge in [0.05, 0.1) is 0 Å². The Morgan fingerprint density at radius 2 is 2.00 bits per heavy atom.